The minimum Gasteiger partial charge on any atom is -0.308 e. The van der Waals surface area contributed by atoms with Crippen molar-refractivity contribution in [2.24, 2.45) is 10.2 Å². The number of hydrazone groups is 2. The topological polar surface area (TPSA) is 74.6 Å². The van der Waals surface area contributed by atoms with Gasteiger partial charge in [-0.15, -0.1) is 0 Å². The molecule has 1 aromatic heterocycles. The summed E-state index contributed by atoms with van der Waals surface area (Å²) in [6.07, 6.45) is 5.42. The van der Waals surface area contributed by atoms with E-state index in [0.717, 1.165) is 27.9 Å². The third-order valence-electron chi connectivity index (χ3n) is 4.12. The number of aromatic nitrogens is 2. The van der Waals surface area contributed by atoms with Gasteiger partial charge in [-0.05, 0) is 44.9 Å². The van der Waals surface area contributed by atoms with Crippen LogP contribution in [-0.2, 0) is 0 Å². The molecule has 0 aliphatic carbocycles. The SMILES string of the molecule is CC(C)N/N=C\c1ccc(-c2ccnc(-c3ccc(/C=N\NC(C)C)cc3)n2)cc1. The van der Waals surface area contributed by atoms with Crippen LogP contribution in [0.5, 0.6) is 0 Å². The van der Waals surface area contributed by atoms with E-state index in [1.807, 2.05) is 67.0 Å². The Morgan fingerprint density at radius 2 is 1.20 bits per heavy atom. The molecule has 0 amide bonds. The second-order valence-corrected chi connectivity index (χ2v) is 7.59. The molecule has 2 aromatic carbocycles. The van der Waals surface area contributed by atoms with Crippen molar-refractivity contribution in [3.63, 3.8) is 0 Å². The highest BCUT2D eigenvalue weighted by atomic mass is 15.3. The Hall–Kier alpha value is -3.54. The van der Waals surface area contributed by atoms with E-state index in [2.05, 4.69) is 53.7 Å². The van der Waals surface area contributed by atoms with Crippen LogP contribution >= 0.6 is 0 Å². The van der Waals surface area contributed by atoms with Crippen molar-refractivity contribution in [3.8, 4) is 22.6 Å². The van der Waals surface area contributed by atoms with Crippen LogP contribution in [0.3, 0.4) is 0 Å². The lowest BCUT2D eigenvalue weighted by molar-refractivity contribution is 0.623. The van der Waals surface area contributed by atoms with Crippen molar-refractivity contribution in [2.75, 3.05) is 0 Å². The van der Waals surface area contributed by atoms with Crippen LogP contribution < -0.4 is 10.9 Å². The smallest absolute Gasteiger partial charge is 0.159 e. The Morgan fingerprint density at radius 1 is 0.700 bits per heavy atom. The van der Waals surface area contributed by atoms with Crippen molar-refractivity contribution in [1.29, 1.82) is 0 Å². The molecule has 3 rings (SSSR count). The van der Waals surface area contributed by atoms with Crippen LogP contribution in [0.1, 0.15) is 38.8 Å². The Morgan fingerprint density at radius 3 is 1.70 bits per heavy atom. The van der Waals surface area contributed by atoms with Gasteiger partial charge in [0, 0.05) is 29.4 Å². The predicted molar refractivity (Wildman–Crippen MR) is 125 cm³/mol. The summed E-state index contributed by atoms with van der Waals surface area (Å²) in [5.74, 6) is 0.697. The van der Waals surface area contributed by atoms with Crippen LogP contribution in [0.15, 0.2) is 71.0 Å². The summed E-state index contributed by atoms with van der Waals surface area (Å²) >= 11 is 0. The fraction of sp³-hybridized carbons (Fsp3) is 0.250. The van der Waals surface area contributed by atoms with Crippen LogP contribution in [0.4, 0.5) is 0 Å². The van der Waals surface area contributed by atoms with Gasteiger partial charge in [-0.3, -0.25) is 0 Å². The monoisotopic (exact) mass is 400 g/mol. The molecule has 0 spiro atoms. The molecule has 154 valence electrons. The lowest BCUT2D eigenvalue weighted by Gasteiger charge is -2.06. The zero-order valence-electron chi connectivity index (χ0n) is 17.9. The van der Waals surface area contributed by atoms with Crippen molar-refractivity contribution >= 4 is 12.4 Å². The van der Waals surface area contributed by atoms with Gasteiger partial charge in [0.2, 0.25) is 0 Å². The average molecular weight is 401 g/mol. The number of rotatable bonds is 8. The van der Waals surface area contributed by atoms with Gasteiger partial charge in [-0.25, -0.2) is 9.97 Å². The number of nitrogens with zero attached hydrogens (tertiary/aromatic N) is 4. The van der Waals surface area contributed by atoms with Gasteiger partial charge in [0.1, 0.15) is 0 Å². The minimum absolute atomic E-state index is 0.315. The first-order chi connectivity index (χ1) is 14.5. The molecule has 0 aliphatic rings. The molecule has 0 saturated heterocycles. The molecular weight excluding hydrogens is 372 g/mol. The first-order valence-corrected chi connectivity index (χ1v) is 10.1. The van der Waals surface area contributed by atoms with Crippen LogP contribution in [0, 0.1) is 0 Å². The van der Waals surface area contributed by atoms with Crippen LogP contribution in [0.2, 0.25) is 0 Å². The van der Waals surface area contributed by atoms with Crippen LogP contribution in [-0.4, -0.2) is 34.5 Å². The molecule has 0 aliphatic heterocycles. The van der Waals surface area contributed by atoms with E-state index in [1.165, 1.54) is 0 Å². The van der Waals surface area contributed by atoms with Crippen LogP contribution in [0.25, 0.3) is 22.6 Å². The maximum Gasteiger partial charge on any atom is 0.159 e. The summed E-state index contributed by atoms with van der Waals surface area (Å²) in [4.78, 5) is 9.18. The summed E-state index contributed by atoms with van der Waals surface area (Å²) in [6, 6.07) is 18.7. The van der Waals surface area contributed by atoms with E-state index in [0.29, 0.717) is 17.9 Å². The highest BCUT2D eigenvalue weighted by Gasteiger charge is 2.05. The summed E-state index contributed by atoms with van der Waals surface area (Å²) in [7, 11) is 0. The highest BCUT2D eigenvalue weighted by Crippen LogP contribution is 2.21. The summed E-state index contributed by atoms with van der Waals surface area (Å²) in [5, 5.41) is 8.43. The van der Waals surface area contributed by atoms with Gasteiger partial charge >= 0.3 is 0 Å². The second-order valence-electron chi connectivity index (χ2n) is 7.59. The van der Waals surface area contributed by atoms with Crippen molar-refractivity contribution < 1.29 is 0 Å². The largest absolute Gasteiger partial charge is 0.308 e. The van der Waals surface area contributed by atoms with Crippen molar-refractivity contribution in [2.45, 2.75) is 39.8 Å². The fourth-order valence-corrected chi connectivity index (χ4v) is 2.64. The number of hydrogen-bond donors (Lipinski definition) is 2. The Bertz CT molecular complexity index is 910. The van der Waals surface area contributed by atoms with Gasteiger partial charge in [0.05, 0.1) is 18.1 Å². The third-order valence-corrected chi connectivity index (χ3v) is 4.12. The van der Waals surface area contributed by atoms with Gasteiger partial charge < -0.3 is 10.9 Å². The molecule has 0 bridgehead atoms. The molecule has 1 heterocycles. The molecule has 0 atom stereocenters. The Labute approximate surface area is 178 Å². The predicted octanol–water partition coefficient (Wildman–Crippen LogP) is 4.47. The average Bonchev–Trinajstić information content (AvgIpc) is 2.74. The molecule has 6 heteroatoms. The molecule has 2 N–H and O–H groups in total. The minimum atomic E-state index is 0.315. The van der Waals surface area contributed by atoms with Crippen molar-refractivity contribution in [3.05, 3.63) is 71.9 Å². The van der Waals surface area contributed by atoms with Gasteiger partial charge in [0.15, 0.2) is 5.82 Å². The van der Waals surface area contributed by atoms with E-state index in [1.54, 1.807) is 6.20 Å². The standard InChI is InChI=1S/C24H28N6/c1-17(2)29-26-15-19-5-9-21(10-6-19)23-13-14-25-24(28-23)22-11-7-20(8-12-22)16-27-30-18(3)4/h5-18,29-30H,1-4H3/b26-15-,27-16-. The molecular formula is C24H28N6. The summed E-state index contributed by atoms with van der Waals surface area (Å²) < 4.78 is 0. The van der Waals surface area contributed by atoms with Gasteiger partial charge in [0.25, 0.3) is 0 Å². The third kappa shape index (κ3) is 6.24. The number of benzene rings is 2. The molecule has 0 radical (unpaired) electrons. The normalized spacial score (nSPS) is 11.7. The maximum atomic E-state index is 4.74. The lowest BCUT2D eigenvalue weighted by Crippen LogP contribution is -2.15. The first-order valence-electron chi connectivity index (χ1n) is 10.1. The molecule has 30 heavy (non-hydrogen) atoms. The van der Waals surface area contributed by atoms with E-state index >= 15 is 0 Å². The zero-order chi connectivity index (χ0) is 21.3. The van der Waals surface area contributed by atoms with E-state index in [4.69, 9.17) is 4.98 Å². The van der Waals surface area contributed by atoms with E-state index < -0.39 is 0 Å². The second kappa shape index (κ2) is 10.3. The van der Waals surface area contributed by atoms with Gasteiger partial charge in [-0.1, -0.05) is 48.5 Å². The maximum absolute atomic E-state index is 4.74. The molecule has 0 unspecified atom stereocenters. The Kier molecular flexibility index (Phi) is 7.27. The van der Waals surface area contributed by atoms with E-state index in [9.17, 15) is 0 Å². The highest BCUT2D eigenvalue weighted by molar-refractivity contribution is 5.81. The van der Waals surface area contributed by atoms with E-state index in [-0.39, 0.29) is 0 Å². The van der Waals surface area contributed by atoms with Crippen molar-refractivity contribution in [1.82, 2.24) is 20.8 Å². The van der Waals surface area contributed by atoms with Gasteiger partial charge in [-0.2, -0.15) is 10.2 Å². The molecule has 6 nitrogen and oxygen atoms in total. The molecule has 0 fully saturated rings. The number of hydrogen-bond acceptors (Lipinski definition) is 6. The zero-order valence-corrected chi connectivity index (χ0v) is 17.9. The molecule has 3 aromatic rings. The molecule has 0 saturated carbocycles. The Balaban J connectivity index is 1.73. The lowest BCUT2D eigenvalue weighted by atomic mass is 10.1. The number of nitrogens with one attached hydrogen (secondary N) is 2. The summed E-state index contributed by atoms with van der Waals surface area (Å²) in [5.41, 5.74) is 11.0. The first kappa shape index (κ1) is 21.2. The quantitative estimate of drug-likeness (QED) is 0.432. The summed E-state index contributed by atoms with van der Waals surface area (Å²) in [6.45, 7) is 8.21. The fourth-order valence-electron chi connectivity index (χ4n) is 2.64.